The Morgan fingerprint density at radius 1 is 1.43 bits per heavy atom. The van der Waals surface area contributed by atoms with Gasteiger partial charge in [0.1, 0.15) is 5.82 Å². The molecule has 2 rings (SSSR count). The number of hydrogen-bond donors (Lipinski definition) is 2. The quantitative estimate of drug-likeness (QED) is 0.896. The van der Waals surface area contributed by atoms with Gasteiger partial charge in [-0.25, -0.2) is 9.18 Å². The number of benzene rings is 1. The molecule has 2 amide bonds. The minimum absolute atomic E-state index is 0.0349. The minimum atomic E-state index is -0.801. The zero-order chi connectivity index (χ0) is 15.4. The molecule has 2 unspecified atom stereocenters. The number of nitrogens with zero attached hydrogens (tertiary/aromatic N) is 1. The number of rotatable bonds is 4. The van der Waals surface area contributed by atoms with Gasteiger partial charge in [0.25, 0.3) is 0 Å². The van der Waals surface area contributed by atoms with E-state index < -0.39 is 11.8 Å². The Balaban J connectivity index is 1.91. The Morgan fingerprint density at radius 2 is 2.19 bits per heavy atom. The molecule has 2 N–H and O–H groups in total. The topological polar surface area (TPSA) is 69.6 Å². The lowest BCUT2D eigenvalue weighted by Gasteiger charge is -2.21. The minimum Gasteiger partial charge on any atom is -0.481 e. The number of urea groups is 1. The van der Waals surface area contributed by atoms with Crippen LogP contribution in [0.25, 0.3) is 0 Å². The van der Waals surface area contributed by atoms with Gasteiger partial charge in [0.05, 0.1) is 5.92 Å². The summed E-state index contributed by atoms with van der Waals surface area (Å²) in [5, 5.41) is 11.8. The molecule has 2 atom stereocenters. The van der Waals surface area contributed by atoms with Crippen LogP contribution in [-0.2, 0) is 4.79 Å². The predicted molar refractivity (Wildman–Crippen MR) is 76.7 cm³/mol. The number of carboxylic acids is 1. The molecule has 1 aromatic carbocycles. The summed E-state index contributed by atoms with van der Waals surface area (Å²) in [5.41, 5.74) is 0.453. The van der Waals surface area contributed by atoms with Gasteiger partial charge in [-0.15, -0.1) is 0 Å². The summed E-state index contributed by atoms with van der Waals surface area (Å²) in [4.78, 5) is 24.4. The molecule has 1 fully saturated rings. The fraction of sp³-hybridized carbons (Fsp3) is 0.467. The van der Waals surface area contributed by atoms with E-state index in [9.17, 15) is 14.0 Å². The molecule has 0 radical (unpaired) electrons. The van der Waals surface area contributed by atoms with Gasteiger partial charge in [-0.2, -0.15) is 0 Å². The second-order valence-electron chi connectivity index (χ2n) is 5.36. The third-order valence-electron chi connectivity index (χ3n) is 3.99. The molecule has 0 saturated heterocycles. The van der Waals surface area contributed by atoms with Crippen molar-refractivity contribution in [1.29, 1.82) is 0 Å². The number of amides is 2. The van der Waals surface area contributed by atoms with Gasteiger partial charge in [-0.05, 0) is 37.0 Å². The lowest BCUT2D eigenvalue weighted by molar-refractivity contribution is -0.142. The molecular weight excluding hydrogens is 275 g/mol. The van der Waals surface area contributed by atoms with Crippen molar-refractivity contribution in [1.82, 2.24) is 5.32 Å². The Kier molecular flexibility index (Phi) is 4.77. The van der Waals surface area contributed by atoms with E-state index in [0.717, 1.165) is 12.8 Å². The monoisotopic (exact) mass is 294 g/mol. The Morgan fingerprint density at radius 3 is 2.86 bits per heavy atom. The number of halogens is 1. The smallest absolute Gasteiger partial charge is 0.321 e. The van der Waals surface area contributed by atoms with Crippen LogP contribution in [0.2, 0.25) is 0 Å². The lowest BCUT2D eigenvalue weighted by Crippen LogP contribution is -2.41. The van der Waals surface area contributed by atoms with Crippen molar-refractivity contribution in [2.24, 2.45) is 11.8 Å². The van der Waals surface area contributed by atoms with Gasteiger partial charge >= 0.3 is 12.0 Å². The molecule has 0 aliphatic heterocycles. The number of carboxylic acid groups (broad SMARTS) is 1. The number of anilines is 1. The second kappa shape index (κ2) is 6.56. The van der Waals surface area contributed by atoms with Gasteiger partial charge < -0.3 is 10.4 Å². The van der Waals surface area contributed by atoms with E-state index >= 15 is 0 Å². The van der Waals surface area contributed by atoms with Gasteiger partial charge in [0, 0.05) is 19.3 Å². The van der Waals surface area contributed by atoms with Crippen molar-refractivity contribution in [2.75, 3.05) is 18.5 Å². The van der Waals surface area contributed by atoms with Crippen LogP contribution in [0.1, 0.15) is 19.3 Å². The first-order valence-electron chi connectivity index (χ1n) is 6.99. The number of carbonyl (C=O) groups excluding carboxylic acids is 1. The highest BCUT2D eigenvalue weighted by Gasteiger charge is 2.33. The summed E-state index contributed by atoms with van der Waals surface area (Å²) in [6, 6.07) is 5.39. The average Bonchev–Trinajstić information content (AvgIpc) is 2.92. The van der Waals surface area contributed by atoms with Crippen molar-refractivity contribution in [3.63, 3.8) is 0 Å². The van der Waals surface area contributed by atoms with Crippen LogP contribution in [0, 0.1) is 17.7 Å². The molecule has 114 valence electrons. The molecule has 5 nitrogen and oxygen atoms in total. The molecular formula is C15H19FN2O3. The number of aliphatic carboxylic acids is 1. The summed E-state index contributed by atoms with van der Waals surface area (Å²) in [6.07, 6.45) is 2.34. The predicted octanol–water partition coefficient (Wildman–Crippen LogP) is 2.47. The Labute approximate surface area is 122 Å². The highest BCUT2D eigenvalue weighted by atomic mass is 19.1. The van der Waals surface area contributed by atoms with E-state index in [1.165, 1.54) is 23.1 Å². The highest BCUT2D eigenvalue weighted by Crippen LogP contribution is 2.31. The third-order valence-corrected chi connectivity index (χ3v) is 3.99. The SMILES string of the molecule is CN(C(=O)NCC1CCCC1C(=O)O)c1cccc(F)c1. The van der Waals surface area contributed by atoms with E-state index in [1.54, 1.807) is 13.1 Å². The van der Waals surface area contributed by atoms with E-state index in [-0.39, 0.29) is 17.9 Å². The van der Waals surface area contributed by atoms with Crippen LogP contribution in [-0.4, -0.2) is 30.7 Å². The highest BCUT2D eigenvalue weighted by molar-refractivity contribution is 5.91. The van der Waals surface area contributed by atoms with E-state index in [4.69, 9.17) is 5.11 Å². The summed E-state index contributed by atoms with van der Waals surface area (Å²) in [6.45, 7) is 0.329. The normalized spacial score (nSPS) is 21.0. The molecule has 0 heterocycles. The zero-order valence-electron chi connectivity index (χ0n) is 11.9. The molecule has 1 aliphatic rings. The summed E-state index contributed by atoms with van der Waals surface area (Å²) < 4.78 is 13.1. The van der Waals surface area contributed by atoms with E-state index in [2.05, 4.69) is 5.32 Å². The largest absolute Gasteiger partial charge is 0.481 e. The first kappa shape index (κ1) is 15.3. The molecule has 6 heteroatoms. The summed E-state index contributed by atoms with van der Waals surface area (Å²) >= 11 is 0. The van der Waals surface area contributed by atoms with E-state index in [1.807, 2.05) is 0 Å². The van der Waals surface area contributed by atoms with Crippen molar-refractivity contribution in [3.8, 4) is 0 Å². The molecule has 0 bridgehead atoms. The van der Waals surface area contributed by atoms with Gasteiger partial charge in [0.2, 0.25) is 0 Å². The zero-order valence-corrected chi connectivity index (χ0v) is 11.9. The van der Waals surface area contributed by atoms with Crippen molar-refractivity contribution >= 4 is 17.7 Å². The standard InChI is InChI=1S/C15H19FN2O3/c1-18(12-6-3-5-11(16)8-12)15(21)17-9-10-4-2-7-13(10)14(19)20/h3,5-6,8,10,13H,2,4,7,9H2,1H3,(H,17,21)(H,19,20). The van der Waals surface area contributed by atoms with Crippen LogP contribution < -0.4 is 10.2 Å². The maximum absolute atomic E-state index is 13.1. The lowest BCUT2D eigenvalue weighted by atomic mass is 9.96. The summed E-state index contributed by atoms with van der Waals surface area (Å²) in [5.74, 6) is -1.63. The molecule has 1 saturated carbocycles. The van der Waals surface area contributed by atoms with Gasteiger partial charge in [0.15, 0.2) is 0 Å². The van der Waals surface area contributed by atoms with Crippen LogP contribution in [0.3, 0.4) is 0 Å². The van der Waals surface area contributed by atoms with Crippen LogP contribution in [0.4, 0.5) is 14.9 Å². The number of hydrogen-bond acceptors (Lipinski definition) is 2. The maximum Gasteiger partial charge on any atom is 0.321 e. The van der Waals surface area contributed by atoms with Crippen molar-refractivity contribution in [3.05, 3.63) is 30.1 Å². The number of carbonyl (C=O) groups is 2. The molecule has 0 aromatic heterocycles. The average molecular weight is 294 g/mol. The second-order valence-corrected chi connectivity index (χ2v) is 5.36. The Bertz CT molecular complexity index is 535. The molecule has 1 aliphatic carbocycles. The van der Waals surface area contributed by atoms with Crippen molar-refractivity contribution in [2.45, 2.75) is 19.3 Å². The van der Waals surface area contributed by atoms with Gasteiger partial charge in [-0.1, -0.05) is 12.5 Å². The van der Waals surface area contributed by atoms with Gasteiger partial charge in [-0.3, -0.25) is 9.69 Å². The molecule has 21 heavy (non-hydrogen) atoms. The van der Waals surface area contributed by atoms with Crippen molar-refractivity contribution < 1.29 is 19.1 Å². The van der Waals surface area contributed by atoms with Crippen LogP contribution in [0.15, 0.2) is 24.3 Å². The fourth-order valence-corrected chi connectivity index (χ4v) is 2.75. The first-order valence-corrected chi connectivity index (χ1v) is 6.99. The first-order chi connectivity index (χ1) is 9.99. The fourth-order valence-electron chi connectivity index (χ4n) is 2.75. The molecule has 1 aromatic rings. The van der Waals surface area contributed by atoms with Crippen LogP contribution in [0.5, 0.6) is 0 Å². The maximum atomic E-state index is 13.1. The Hall–Kier alpha value is -2.11. The number of nitrogens with one attached hydrogen (secondary N) is 1. The third kappa shape index (κ3) is 3.71. The van der Waals surface area contributed by atoms with Crippen LogP contribution >= 0.6 is 0 Å². The molecule has 0 spiro atoms. The van der Waals surface area contributed by atoms with E-state index in [0.29, 0.717) is 18.7 Å². The summed E-state index contributed by atoms with van der Waals surface area (Å²) in [7, 11) is 1.55.